The molecule has 6 rings (SSSR count). The number of aromatic nitrogens is 2. The van der Waals surface area contributed by atoms with E-state index in [1.807, 2.05) is 97.1 Å². The van der Waals surface area contributed by atoms with Crippen LogP contribution in [0.1, 0.15) is 6.42 Å². The van der Waals surface area contributed by atoms with Crippen LogP contribution in [0, 0.1) is 0 Å². The summed E-state index contributed by atoms with van der Waals surface area (Å²) in [5.41, 5.74) is 3.20. The van der Waals surface area contributed by atoms with Crippen molar-refractivity contribution < 1.29 is 9.59 Å². The van der Waals surface area contributed by atoms with Gasteiger partial charge in [-0.1, -0.05) is 90.6 Å². The quantitative estimate of drug-likeness (QED) is 0.247. The van der Waals surface area contributed by atoms with E-state index in [2.05, 4.69) is 0 Å². The van der Waals surface area contributed by atoms with Gasteiger partial charge in [0.05, 0.1) is 16.9 Å². The zero-order chi connectivity index (χ0) is 23.1. The minimum absolute atomic E-state index is 0.118. The molecule has 2 amide bonds. The molecule has 0 unspecified atom stereocenters. The Labute approximate surface area is 200 Å². The highest BCUT2D eigenvalue weighted by Crippen LogP contribution is 2.36. The summed E-state index contributed by atoms with van der Waals surface area (Å²) in [5, 5.41) is 2.92. The molecule has 5 nitrogen and oxygen atoms in total. The van der Waals surface area contributed by atoms with Gasteiger partial charge in [0, 0.05) is 17.4 Å². The summed E-state index contributed by atoms with van der Waals surface area (Å²) in [6.45, 7) is 0. The Kier molecular flexibility index (Phi) is 5.08. The molecule has 1 aliphatic rings. The van der Waals surface area contributed by atoms with Crippen LogP contribution in [0.2, 0.25) is 0 Å². The lowest BCUT2D eigenvalue weighted by Gasteiger charge is -2.16. The summed E-state index contributed by atoms with van der Waals surface area (Å²) in [6, 6.07) is 31.3. The van der Waals surface area contributed by atoms with Crippen LogP contribution in [0.15, 0.2) is 102 Å². The van der Waals surface area contributed by atoms with E-state index in [0.717, 1.165) is 32.9 Å². The number of hydrogen-bond acceptors (Lipinski definition) is 5. The number of hydrogen-bond donors (Lipinski definition) is 0. The number of carbonyl (C=O) groups is 2. The van der Waals surface area contributed by atoms with Crippen LogP contribution in [0.3, 0.4) is 0 Å². The third-order valence-corrected chi connectivity index (χ3v) is 7.02. The van der Waals surface area contributed by atoms with Crippen LogP contribution in [0.25, 0.3) is 32.9 Å². The summed E-state index contributed by atoms with van der Waals surface area (Å²) in [7, 11) is 0. The van der Waals surface area contributed by atoms with E-state index in [0.29, 0.717) is 10.8 Å². The molecule has 0 aliphatic carbocycles. The number of rotatable bonds is 4. The Morgan fingerprint density at radius 3 is 2.35 bits per heavy atom. The Balaban J connectivity index is 1.34. The molecular formula is C28H19N3O2S. The first-order chi connectivity index (χ1) is 16.7. The summed E-state index contributed by atoms with van der Waals surface area (Å²) in [6.07, 6.45) is 0.118. The molecule has 5 aromatic rings. The molecule has 1 fully saturated rings. The molecule has 0 radical (unpaired) electrons. The first-order valence-electron chi connectivity index (χ1n) is 11.0. The normalized spacial score (nSPS) is 16.0. The first kappa shape index (κ1) is 20.6. The molecule has 0 saturated carbocycles. The van der Waals surface area contributed by atoms with Gasteiger partial charge < -0.3 is 0 Å². The average Bonchev–Trinajstić information content (AvgIpc) is 3.16. The van der Waals surface area contributed by atoms with Gasteiger partial charge in [0.2, 0.25) is 11.8 Å². The number of benzene rings is 4. The largest absolute Gasteiger partial charge is 0.274 e. The smallest absolute Gasteiger partial charge is 0.247 e. The van der Waals surface area contributed by atoms with Crippen LogP contribution < -0.4 is 4.90 Å². The van der Waals surface area contributed by atoms with Crippen LogP contribution in [0.4, 0.5) is 5.69 Å². The van der Waals surface area contributed by atoms with Gasteiger partial charge in [-0.3, -0.25) is 9.59 Å². The van der Waals surface area contributed by atoms with Crippen molar-refractivity contribution in [3.63, 3.8) is 0 Å². The molecular weight excluding hydrogens is 442 g/mol. The summed E-state index contributed by atoms with van der Waals surface area (Å²) < 4.78 is 0. The molecule has 2 heterocycles. The van der Waals surface area contributed by atoms with Gasteiger partial charge in [-0.15, -0.1) is 0 Å². The fraction of sp³-hybridized carbons (Fsp3) is 0.0714. The lowest BCUT2D eigenvalue weighted by molar-refractivity contribution is -0.121. The highest BCUT2D eigenvalue weighted by atomic mass is 32.2. The number of carbonyl (C=O) groups excluding carboxylic acids is 2. The van der Waals surface area contributed by atoms with Gasteiger partial charge >= 0.3 is 0 Å². The van der Waals surface area contributed by atoms with E-state index in [1.165, 1.54) is 16.7 Å². The maximum absolute atomic E-state index is 13.3. The third-order valence-electron chi connectivity index (χ3n) is 5.97. The third kappa shape index (κ3) is 3.62. The van der Waals surface area contributed by atoms with Crippen molar-refractivity contribution in [1.29, 1.82) is 0 Å². The molecule has 164 valence electrons. The second kappa shape index (κ2) is 8.39. The van der Waals surface area contributed by atoms with Crippen molar-refractivity contribution in [2.75, 3.05) is 4.90 Å². The van der Waals surface area contributed by atoms with E-state index in [-0.39, 0.29) is 18.2 Å². The number of imide groups is 1. The highest BCUT2D eigenvalue weighted by Gasteiger charge is 2.40. The molecule has 0 N–H and O–H groups in total. The van der Waals surface area contributed by atoms with Crippen LogP contribution in [-0.4, -0.2) is 27.0 Å². The molecule has 1 aromatic heterocycles. The van der Waals surface area contributed by atoms with Crippen LogP contribution in [0.5, 0.6) is 0 Å². The van der Waals surface area contributed by atoms with Crippen LogP contribution in [-0.2, 0) is 9.59 Å². The van der Waals surface area contributed by atoms with Crippen LogP contribution >= 0.6 is 11.8 Å². The number of thioether (sulfide) groups is 1. The Hall–Kier alpha value is -4.03. The molecule has 1 saturated heterocycles. The van der Waals surface area contributed by atoms with Crippen molar-refractivity contribution in [2.24, 2.45) is 0 Å². The molecule has 6 heteroatoms. The summed E-state index contributed by atoms with van der Waals surface area (Å²) >= 11 is 1.25. The molecule has 0 spiro atoms. The molecule has 34 heavy (non-hydrogen) atoms. The molecule has 1 atom stereocenters. The zero-order valence-electron chi connectivity index (χ0n) is 18.1. The Morgan fingerprint density at radius 2 is 1.50 bits per heavy atom. The lowest BCUT2D eigenvalue weighted by Crippen LogP contribution is -2.31. The number of amides is 2. The summed E-state index contributed by atoms with van der Waals surface area (Å²) in [5.74, 6) is -0.440. The zero-order valence-corrected chi connectivity index (χ0v) is 18.9. The predicted molar refractivity (Wildman–Crippen MR) is 136 cm³/mol. The minimum Gasteiger partial charge on any atom is -0.274 e. The van der Waals surface area contributed by atoms with Crippen molar-refractivity contribution in [2.45, 2.75) is 16.8 Å². The second-order valence-electron chi connectivity index (χ2n) is 8.15. The SMILES string of the molecule is O=C1C[C@H](Sc2nc(-c3ccccc3)c3ccccc3n2)C(=O)N1c1ccc2ccccc2c1. The standard InChI is InChI=1S/C28H19N3O2S/c32-25-17-24(27(33)31(25)21-15-14-18-8-4-5-11-20(18)16-21)34-28-29-23-13-7-6-12-22(23)26(30-28)19-9-2-1-3-10-19/h1-16,24H,17H2/t24-/m0/s1. The lowest BCUT2D eigenvalue weighted by atomic mass is 10.1. The number of anilines is 1. The van der Waals surface area contributed by atoms with E-state index >= 15 is 0 Å². The van der Waals surface area contributed by atoms with E-state index < -0.39 is 5.25 Å². The van der Waals surface area contributed by atoms with Gasteiger partial charge in [0.1, 0.15) is 5.25 Å². The maximum atomic E-state index is 13.3. The second-order valence-corrected chi connectivity index (χ2v) is 9.32. The monoisotopic (exact) mass is 461 g/mol. The van der Waals surface area contributed by atoms with Crippen molar-refractivity contribution >= 4 is 50.9 Å². The Bertz CT molecular complexity index is 1570. The number of fused-ring (bicyclic) bond motifs is 2. The van der Waals surface area contributed by atoms with Gasteiger partial charge in [0.25, 0.3) is 0 Å². The van der Waals surface area contributed by atoms with Crippen molar-refractivity contribution in [1.82, 2.24) is 9.97 Å². The van der Waals surface area contributed by atoms with Gasteiger partial charge in [-0.05, 0) is 29.0 Å². The topological polar surface area (TPSA) is 63.2 Å². The van der Waals surface area contributed by atoms with E-state index in [4.69, 9.17) is 9.97 Å². The Morgan fingerprint density at radius 1 is 0.765 bits per heavy atom. The highest BCUT2D eigenvalue weighted by molar-refractivity contribution is 8.00. The number of para-hydroxylation sites is 1. The number of nitrogens with zero attached hydrogens (tertiary/aromatic N) is 3. The predicted octanol–water partition coefficient (Wildman–Crippen LogP) is 5.87. The molecule has 0 bridgehead atoms. The first-order valence-corrected chi connectivity index (χ1v) is 11.9. The fourth-order valence-corrected chi connectivity index (χ4v) is 5.32. The van der Waals surface area contributed by atoms with E-state index in [1.54, 1.807) is 0 Å². The molecule has 4 aromatic carbocycles. The fourth-order valence-electron chi connectivity index (χ4n) is 4.33. The van der Waals surface area contributed by atoms with Crippen molar-refractivity contribution in [3.05, 3.63) is 97.1 Å². The van der Waals surface area contributed by atoms with Gasteiger partial charge in [0.15, 0.2) is 5.16 Å². The minimum atomic E-state index is -0.566. The van der Waals surface area contributed by atoms with Crippen molar-refractivity contribution in [3.8, 4) is 11.3 Å². The average molecular weight is 462 g/mol. The van der Waals surface area contributed by atoms with Gasteiger partial charge in [-0.25, -0.2) is 14.9 Å². The maximum Gasteiger partial charge on any atom is 0.247 e. The van der Waals surface area contributed by atoms with Gasteiger partial charge in [-0.2, -0.15) is 0 Å². The molecule has 1 aliphatic heterocycles. The van der Waals surface area contributed by atoms with E-state index in [9.17, 15) is 9.59 Å². The summed E-state index contributed by atoms with van der Waals surface area (Å²) in [4.78, 5) is 37.0.